The molecule has 1 aromatic heterocycles. The molecule has 1 aromatic carbocycles. The number of tetrazole rings is 1. The van der Waals surface area contributed by atoms with Gasteiger partial charge in [-0.3, -0.25) is 9.59 Å². The van der Waals surface area contributed by atoms with E-state index in [2.05, 4.69) is 20.8 Å². The average molecular weight is 328 g/mol. The smallest absolute Gasteiger partial charge is 0.227 e. The number of carbonyl (C=O) groups is 2. The number of carbonyl (C=O) groups excluding carboxylic acids is 2. The zero-order valence-corrected chi connectivity index (χ0v) is 13.6. The van der Waals surface area contributed by atoms with Gasteiger partial charge in [-0.2, -0.15) is 0 Å². The highest BCUT2D eigenvalue weighted by Gasteiger charge is 2.27. The molecule has 1 N–H and O–H groups in total. The molecule has 0 spiro atoms. The van der Waals surface area contributed by atoms with E-state index >= 15 is 0 Å². The number of benzene rings is 1. The van der Waals surface area contributed by atoms with Crippen LogP contribution < -0.4 is 5.32 Å². The van der Waals surface area contributed by atoms with E-state index in [-0.39, 0.29) is 17.7 Å². The van der Waals surface area contributed by atoms with Crippen molar-refractivity contribution < 1.29 is 9.59 Å². The van der Waals surface area contributed by atoms with Crippen molar-refractivity contribution >= 4 is 11.8 Å². The number of amides is 2. The Morgan fingerprint density at radius 3 is 2.75 bits per heavy atom. The third-order valence-corrected chi connectivity index (χ3v) is 4.30. The number of nitrogens with one attached hydrogen (secondary N) is 1. The lowest BCUT2D eigenvalue weighted by molar-refractivity contribution is -0.135. The molecule has 2 aromatic rings. The number of rotatable bonds is 4. The van der Waals surface area contributed by atoms with Gasteiger partial charge in [-0.15, -0.1) is 5.10 Å². The summed E-state index contributed by atoms with van der Waals surface area (Å²) >= 11 is 0. The normalized spacial score (nSPS) is 17.5. The first-order valence-corrected chi connectivity index (χ1v) is 7.99. The van der Waals surface area contributed by atoms with Gasteiger partial charge in [-0.05, 0) is 41.0 Å². The van der Waals surface area contributed by atoms with Gasteiger partial charge in [-0.25, -0.2) is 4.68 Å². The fourth-order valence-corrected chi connectivity index (χ4v) is 2.95. The Balaban J connectivity index is 1.61. The van der Waals surface area contributed by atoms with Crippen LogP contribution in [0.25, 0.3) is 5.69 Å². The zero-order valence-electron chi connectivity index (χ0n) is 13.6. The van der Waals surface area contributed by atoms with Crippen molar-refractivity contribution in [3.05, 3.63) is 36.2 Å². The van der Waals surface area contributed by atoms with E-state index < -0.39 is 0 Å². The predicted molar refractivity (Wildman–Crippen MR) is 86.2 cm³/mol. The van der Waals surface area contributed by atoms with Gasteiger partial charge >= 0.3 is 0 Å². The molecule has 2 amide bonds. The van der Waals surface area contributed by atoms with Crippen LogP contribution in [0.3, 0.4) is 0 Å². The highest BCUT2D eigenvalue weighted by molar-refractivity contribution is 5.82. The third kappa shape index (κ3) is 3.58. The quantitative estimate of drug-likeness (QED) is 0.865. The molecule has 3 rings (SSSR count). The molecule has 24 heavy (non-hydrogen) atoms. The molecule has 1 saturated heterocycles. The summed E-state index contributed by atoms with van der Waals surface area (Å²) in [5.41, 5.74) is 1.77. The fourth-order valence-electron chi connectivity index (χ4n) is 2.95. The molecule has 1 fully saturated rings. The number of aromatic nitrogens is 4. The second kappa shape index (κ2) is 7.20. The minimum Gasteiger partial charge on any atom is -0.359 e. The molecule has 1 aliphatic heterocycles. The SMILES string of the molecule is CNC(=O)C1CCCN(C(=O)Cc2ccc(-n3cnnn3)cc2)C1. The number of hydrogen-bond donors (Lipinski definition) is 1. The summed E-state index contributed by atoms with van der Waals surface area (Å²) in [6, 6.07) is 7.55. The Kier molecular flexibility index (Phi) is 4.83. The van der Waals surface area contributed by atoms with E-state index in [1.807, 2.05) is 24.3 Å². The second-order valence-electron chi connectivity index (χ2n) is 5.89. The van der Waals surface area contributed by atoms with Gasteiger partial charge in [0.1, 0.15) is 6.33 Å². The minimum absolute atomic E-state index is 0.0123. The lowest BCUT2D eigenvalue weighted by Crippen LogP contribution is -2.45. The summed E-state index contributed by atoms with van der Waals surface area (Å²) in [6.07, 6.45) is 3.55. The Morgan fingerprint density at radius 1 is 1.29 bits per heavy atom. The molecule has 0 saturated carbocycles. The molecule has 8 heteroatoms. The summed E-state index contributed by atoms with van der Waals surface area (Å²) in [4.78, 5) is 26.1. The van der Waals surface area contributed by atoms with E-state index in [4.69, 9.17) is 0 Å². The number of likely N-dealkylation sites (tertiary alicyclic amines) is 1. The van der Waals surface area contributed by atoms with Crippen molar-refractivity contribution in [1.29, 1.82) is 0 Å². The van der Waals surface area contributed by atoms with Crippen LogP contribution >= 0.6 is 0 Å². The van der Waals surface area contributed by atoms with Gasteiger partial charge in [0.05, 0.1) is 18.0 Å². The molecule has 0 bridgehead atoms. The van der Waals surface area contributed by atoms with Crippen molar-refractivity contribution in [2.24, 2.45) is 5.92 Å². The largest absolute Gasteiger partial charge is 0.359 e. The van der Waals surface area contributed by atoms with Crippen molar-refractivity contribution in [2.75, 3.05) is 20.1 Å². The highest BCUT2D eigenvalue weighted by atomic mass is 16.2. The average Bonchev–Trinajstić information content (AvgIpc) is 3.16. The van der Waals surface area contributed by atoms with Crippen LogP contribution in [0.4, 0.5) is 0 Å². The molecule has 2 heterocycles. The number of piperidine rings is 1. The maximum absolute atomic E-state index is 12.5. The summed E-state index contributed by atoms with van der Waals surface area (Å²) < 4.78 is 1.56. The molecule has 1 atom stereocenters. The van der Waals surface area contributed by atoms with Gasteiger partial charge in [0.2, 0.25) is 11.8 Å². The Morgan fingerprint density at radius 2 is 2.08 bits per heavy atom. The van der Waals surface area contributed by atoms with E-state index in [9.17, 15) is 9.59 Å². The number of hydrogen-bond acceptors (Lipinski definition) is 5. The number of nitrogens with zero attached hydrogens (tertiary/aromatic N) is 5. The summed E-state index contributed by atoms with van der Waals surface area (Å²) in [7, 11) is 1.63. The van der Waals surface area contributed by atoms with E-state index in [0.717, 1.165) is 30.6 Å². The van der Waals surface area contributed by atoms with E-state index in [1.165, 1.54) is 6.33 Å². The highest BCUT2D eigenvalue weighted by Crippen LogP contribution is 2.18. The topological polar surface area (TPSA) is 93.0 Å². The van der Waals surface area contributed by atoms with Crippen LogP contribution in [-0.2, 0) is 16.0 Å². The molecule has 1 aliphatic rings. The van der Waals surface area contributed by atoms with Crippen LogP contribution in [-0.4, -0.2) is 57.1 Å². The monoisotopic (exact) mass is 328 g/mol. The molecular weight excluding hydrogens is 308 g/mol. The molecule has 8 nitrogen and oxygen atoms in total. The van der Waals surface area contributed by atoms with E-state index in [0.29, 0.717) is 13.0 Å². The predicted octanol–water partition coefficient (Wildman–Crippen LogP) is 0.189. The summed E-state index contributed by atoms with van der Waals surface area (Å²) in [6.45, 7) is 1.22. The van der Waals surface area contributed by atoms with Crippen molar-refractivity contribution in [1.82, 2.24) is 30.4 Å². The first kappa shape index (κ1) is 16.1. The molecular formula is C16H20N6O2. The van der Waals surface area contributed by atoms with Crippen molar-refractivity contribution in [3.63, 3.8) is 0 Å². The van der Waals surface area contributed by atoms with Crippen LogP contribution in [0, 0.1) is 5.92 Å². The lowest BCUT2D eigenvalue weighted by Gasteiger charge is -2.32. The second-order valence-corrected chi connectivity index (χ2v) is 5.89. The standard InChI is InChI=1S/C16H20N6O2/c1-17-16(24)13-3-2-8-21(10-13)15(23)9-12-4-6-14(7-5-12)22-11-18-19-20-22/h4-7,11,13H,2-3,8-10H2,1H3,(H,17,24). The van der Waals surface area contributed by atoms with Crippen LogP contribution in [0.5, 0.6) is 0 Å². The van der Waals surface area contributed by atoms with Crippen molar-refractivity contribution in [3.8, 4) is 5.69 Å². The maximum atomic E-state index is 12.5. The van der Waals surface area contributed by atoms with Crippen molar-refractivity contribution in [2.45, 2.75) is 19.3 Å². The summed E-state index contributed by atoms with van der Waals surface area (Å²) in [5.74, 6) is -0.0352. The van der Waals surface area contributed by atoms with E-state index in [1.54, 1.807) is 16.6 Å². The van der Waals surface area contributed by atoms with Crippen LogP contribution in [0.2, 0.25) is 0 Å². The molecule has 0 aliphatic carbocycles. The fraction of sp³-hybridized carbons (Fsp3) is 0.438. The Hall–Kier alpha value is -2.77. The maximum Gasteiger partial charge on any atom is 0.227 e. The zero-order chi connectivity index (χ0) is 16.9. The van der Waals surface area contributed by atoms with Gasteiger partial charge in [0, 0.05) is 20.1 Å². The van der Waals surface area contributed by atoms with Gasteiger partial charge < -0.3 is 10.2 Å². The Bertz CT molecular complexity index is 698. The first-order valence-electron chi connectivity index (χ1n) is 7.99. The molecule has 1 unspecified atom stereocenters. The van der Waals surface area contributed by atoms with Gasteiger partial charge in [0.25, 0.3) is 0 Å². The molecule has 126 valence electrons. The molecule has 0 radical (unpaired) electrons. The van der Waals surface area contributed by atoms with Crippen LogP contribution in [0.1, 0.15) is 18.4 Å². The van der Waals surface area contributed by atoms with Gasteiger partial charge in [0.15, 0.2) is 0 Å². The minimum atomic E-state index is -0.102. The summed E-state index contributed by atoms with van der Waals surface area (Å²) in [5, 5.41) is 13.7. The lowest BCUT2D eigenvalue weighted by atomic mass is 9.96. The van der Waals surface area contributed by atoms with Crippen LogP contribution in [0.15, 0.2) is 30.6 Å². The Labute approximate surface area is 139 Å². The van der Waals surface area contributed by atoms with Gasteiger partial charge in [-0.1, -0.05) is 12.1 Å². The first-order chi connectivity index (χ1) is 11.7. The third-order valence-electron chi connectivity index (χ3n) is 4.30.